The van der Waals surface area contributed by atoms with Gasteiger partial charge in [-0.05, 0) is 30.7 Å². The Kier molecular flexibility index (Phi) is 6.18. The molecule has 0 aromatic heterocycles. The van der Waals surface area contributed by atoms with Gasteiger partial charge in [-0.3, -0.25) is 4.79 Å². The highest BCUT2D eigenvalue weighted by molar-refractivity contribution is 5.95. The highest BCUT2D eigenvalue weighted by Crippen LogP contribution is 2.16. The molecule has 4 nitrogen and oxygen atoms in total. The van der Waals surface area contributed by atoms with Crippen molar-refractivity contribution in [1.29, 1.82) is 0 Å². The van der Waals surface area contributed by atoms with Crippen LogP contribution < -0.4 is 10.2 Å². The number of hydrazone groups is 1. The van der Waals surface area contributed by atoms with Crippen LogP contribution in [0, 0.1) is 0 Å². The molecule has 0 heterocycles. The van der Waals surface area contributed by atoms with E-state index in [0.717, 1.165) is 24.2 Å². The summed E-state index contributed by atoms with van der Waals surface area (Å²) >= 11 is 0. The van der Waals surface area contributed by atoms with Crippen molar-refractivity contribution < 1.29 is 9.53 Å². The highest BCUT2D eigenvalue weighted by atomic mass is 16.5. The minimum Gasteiger partial charge on any atom is -0.493 e. The number of hydrogen-bond acceptors (Lipinski definition) is 3. The van der Waals surface area contributed by atoms with Crippen molar-refractivity contribution in [3.63, 3.8) is 0 Å². The van der Waals surface area contributed by atoms with Crippen LogP contribution in [0.1, 0.15) is 35.7 Å². The molecule has 22 heavy (non-hydrogen) atoms. The van der Waals surface area contributed by atoms with Crippen molar-refractivity contribution in [3.8, 4) is 5.75 Å². The van der Waals surface area contributed by atoms with E-state index in [1.807, 2.05) is 42.5 Å². The SMILES string of the molecule is CCCCOc1ccccc1/C=N/NC(=O)c1ccccc1. The number of hydrogen-bond donors (Lipinski definition) is 1. The number of carbonyl (C=O) groups excluding carboxylic acids is 1. The van der Waals surface area contributed by atoms with Gasteiger partial charge in [0.05, 0.1) is 12.8 Å². The number of nitrogens with one attached hydrogen (secondary N) is 1. The number of benzene rings is 2. The van der Waals surface area contributed by atoms with Crippen molar-refractivity contribution in [2.45, 2.75) is 19.8 Å². The first-order valence-corrected chi connectivity index (χ1v) is 7.41. The van der Waals surface area contributed by atoms with Crippen LogP contribution in [-0.2, 0) is 0 Å². The van der Waals surface area contributed by atoms with E-state index in [9.17, 15) is 4.79 Å². The molecule has 114 valence electrons. The summed E-state index contributed by atoms with van der Waals surface area (Å²) in [6, 6.07) is 16.6. The first-order chi connectivity index (χ1) is 10.8. The van der Waals surface area contributed by atoms with E-state index in [1.54, 1.807) is 18.3 Å². The molecule has 2 aromatic carbocycles. The van der Waals surface area contributed by atoms with E-state index in [2.05, 4.69) is 17.5 Å². The number of carbonyl (C=O) groups is 1. The average Bonchev–Trinajstić information content (AvgIpc) is 2.57. The van der Waals surface area contributed by atoms with Gasteiger partial charge in [0, 0.05) is 11.1 Å². The lowest BCUT2D eigenvalue weighted by atomic mass is 10.2. The van der Waals surface area contributed by atoms with E-state index in [1.165, 1.54) is 0 Å². The van der Waals surface area contributed by atoms with Gasteiger partial charge in [-0.1, -0.05) is 43.7 Å². The van der Waals surface area contributed by atoms with Crippen molar-refractivity contribution >= 4 is 12.1 Å². The number of ether oxygens (including phenoxy) is 1. The lowest BCUT2D eigenvalue weighted by Gasteiger charge is -2.08. The van der Waals surface area contributed by atoms with Gasteiger partial charge in [-0.25, -0.2) is 5.43 Å². The van der Waals surface area contributed by atoms with Crippen LogP contribution in [0.2, 0.25) is 0 Å². The summed E-state index contributed by atoms with van der Waals surface area (Å²) in [4.78, 5) is 11.9. The quantitative estimate of drug-likeness (QED) is 0.482. The topological polar surface area (TPSA) is 50.7 Å². The fourth-order valence-electron chi connectivity index (χ4n) is 1.86. The van der Waals surface area contributed by atoms with Gasteiger partial charge in [0.1, 0.15) is 5.75 Å². The maximum atomic E-state index is 11.9. The second kappa shape index (κ2) is 8.62. The zero-order valence-electron chi connectivity index (χ0n) is 12.7. The molecule has 0 aliphatic rings. The minimum absolute atomic E-state index is 0.235. The Hall–Kier alpha value is -2.62. The van der Waals surface area contributed by atoms with Crippen LogP contribution in [0.15, 0.2) is 59.7 Å². The van der Waals surface area contributed by atoms with Gasteiger partial charge in [0.15, 0.2) is 0 Å². The second-order valence-corrected chi connectivity index (χ2v) is 4.80. The number of unbranched alkanes of at least 4 members (excludes halogenated alkanes) is 1. The zero-order valence-corrected chi connectivity index (χ0v) is 12.7. The molecule has 0 aliphatic heterocycles. The predicted octanol–water partition coefficient (Wildman–Crippen LogP) is 3.63. The summed E-state index contributed by atoms with van der Waals surface area (Å²) in [6.45, 7) is 2.80. The predicted molar refractivity (Wildman–Crippen MR) is 88.3 cm³/mol. The Morgan fingerprint density at radius 3 is 2.64 bits per heavy atom. The molecule has 0 unspecified atom stereocenters. The Morgan fingerprint density at radius 1 is 1.14 bits per heavy atom. The molecular weight excluding hydrogens is 276 g/mol. The van der Waals surface area contributed by atoms with Gasteiger partial charge >= 0.3 is 0 Å². The monoisotopic (exact) mass is 296 g/mol. The number of rotatable bonds is 7. The number of nitrogens with zero attached hydrogens (tertiary/aromatic N) is 1. The Balaban J connectivity index is 1.96. The Morgan fingerprint density at radius 2 is 1.86 bits per heavy atom. The molecule has 0 atom stereocenters. The van der Waals surface area contributed by atoms with E-state index in [-0.39, 0.29) is 5.91 Å². The third-order valence-electron chi connectivity index (χ3n) is 3.08. The molecular formula is C18H20N2O2. The van der Waals surface area contributed by atoms with Gasteiger partial charge in [0.25, 0.3) is 5.91 Å². The minimum atomic E-state index is -0.235. The van der Waals surface area contributed by atoms with Crippen LogP contribution in [0.4, 0.5) is 0 Å². The van der Waals surface area contributed by atoms with E-state index >= 15 is 0 Å². The van der Waals surface area contributed by atoms with Crippen molar-refractivity contribution in [2.24, 2.45) is 5.10 Å². The third kappa shape index (κ3) is 4.74. The summed E-state index contributed by atoms with van der Waals surface area (Å²) in [7, 11) is 0. The smallest absolute Gasteiger partial charge is 0.271 e. The molecule has 2 aromatic rings. The normalized spacial score (nSPS) is 10.6. The Labute approximate surface area is 130 Å². The van der Waals surface area contributed by atoms with E-state index in [0.29, 0.717) is 12.2 Å². The summed E-state index contributed by atoms with van der Waals surface area (Å²) in [5, 5.41) is 4.00. The molecule has 2 rings (SSSR count). The van der Waals surface area contributed by atoms with Crippen molar-refractivity contribution in [3.05, 3.63) is 65.7 Å². The van der Waals surface area contributed by atoms with Gasteiger partial charge < -0.3 is 4.74 Å². The molecule has 0 spiro atoms. The number of amides is 1. The fourth-order valence-corrected chi connectivity index (χ4v) is 1.86. The summed E-state index contributed by atoms with van der Waals surface area (Å²) < 4.78 is 5.72. The van der Waals surface area contributed by atoms with E-state index < -0.39 is 0 Å². The molecule has 0 saturated heterocycles. The van der Waals surface area contributed by atoms with Crippen LogP contribution >= 0.6 is 0 Å². The van der Waals surface area contributed by atoms with Crippen molar-refractivity contribution in [1.82, 2.24) is 5.43 Å². The maximum absolute atomic E-state index is 11.9. The lowest BCUT2D eigenvalue weighted by Crippen LogP contribution is -2.17. The summed E-state index contributed by atoms with van der Waals surface area (Å²) in [5.74, 6) is 0.537. The third-order valence-corrected chi connectivity index (χ3v) is 3.08. The van der Waals surface area contributed by atoms with E-state index in [4.69, 9.17) is 4.74 Å². The van der Waals surface area contributed by atoms with Gasteiger partial charge in [-0.15, -0.1) is 0 Å². The fraction of sp³-hybridized carbons (Fsp3) is 0.222. The highest BCUT2D eigenvalue weighted by Gasteiger charge is 2.03. The van der Waals surface area contributed by atoms with Gasteiger partial charge in [-0.2, -0.15) is 5.10 Å². The lowest BCUT2D eigenvalue weighted by molar-refractivity contribution is 0.0955. The molecule has 0 saturated carbocycles. The number of para-hydroxylation sites is 1. The van der Waals surface area contributed by atoms with Crippen LogP contribution in [-0.4, -0.2) is 18.7 Å². The maximum Gasteiger partial charge on any atom is 0.271 e. The first-order valence-electron chi connectivity index (χ1n) is 7.41. The molecule has 0 radical (unpaired) electrons. The molecule has 1 N–H and O–H groups in total. The molecule has 0 fully saturated rings. The second-order valence-electron chi connectivity index (χ2n) is 4.80. The standard InChI is InChI=1S/C18H20N2O2/c1-2-3-13-22-17-12-8-7-11-16(17)14-19-20-18(21)15-9-5-4-6-10-15/h4-12,14H,2-3,13H2,1H3,(H,20,21)/b19-14+. The van der Waals surface area contributed by atoms with Gasteiger partial charge in [0.2, 0.25) is 0 Å². The molecule has 4 heteroatoms. The summed E-state index contributed by atoms with van der Waals surface area (Å²) in [6.07, 6.45) is 3.70. The van der Waals surface area contributed by atoms with Crippen molar-refractivity contribution in [2.75, 3.05) is 6.61 Å². The first kappa shape index (κ1) is 15.8. The zero-order chi connectivity index (χ0) is 15.6. The molecule has 0 bridgehead atoms. The average molecular weight is 296 g/mol. The largest absolute Gasteiger partial charge is 0.493 e. The Bertz CT molecular complexity index is 624. The van der Waals surface area contributed by atoms with Crippen LogP contribution in [0.5, 0.6) is 5.75 Å². The summed E-state index contributed by atoms with van der Waals surface area (Å²) in [5.41, 5.74) is 3.93. The van der Waals surface area contributed by atoms with Crippen LogP contribution in [0.25, 0.3) is 0 Å². The van der Waals surface area contributed by atoms with Crippen LogP contribution in [0.3, 0.4) is 0 Å². The molecule has 0 aliphatic carbocycles. The molecule has 1 amide bonds.